The Morgan fingerprint density at radius 1 is 1.11 bits per heavy atom. The number of benzene rings is 3. The van der Waals surface area contributed by atoms with Crippen LogP contribution in [0.25, 0.3) is 16.0 Å². The summed E-state index contributed by atoms with van der Waals surface area (Å²) in [6, 6.07) is 15.7. The van der Waals surface area contributed by atoms with Gasteiger partial charge in [0.25, 0.3) is 5.78 Å². The number of aliphatic hydroxyl groups is 1. The van der Waals surface area contributed by atoms with Gasteiger partial charge in [0, 0.05) is 17.0 Å². The van der Waals surface area contributed by atoms with Gasteiger partial charge in [-0.15, -0.1) is 0 Å². The number of nitrogens with zero attached hydrogens (tertiary/aromatic N) is 2. The molecular weight excluding hydrogens is 500 g/mol. The van der Waals surface area contributed by atoms with Crippen LogP contribution >= 0.6 is 22.9 Å². The molecule has 2 atom stereocenters. The number of phenolic OH excluding ortho intramolecular Hbond substituents is 1. The van der Waals surface area contributed by atoms with Crippen molar-refractivity contribution >= 4 is 55.7 Å². The van der Waals surface area contributed by atoms with E-state index in [9.17, 15) is 19.8 Å². The third-order valence-electron chi connectivity index (χ3n) is 6.37. The Kier molecular flexibility index (Phi) is 5.24. The number of rotatable bonds is 3. The Labute approximate surface area is 214 Å². The van der Waals surface area contributed by atoms with Crippen LogP contribution < -0.4 is 9.64 Å². The van der Waals surface area contributed by atoms with Crippen molar-refractivity contribution in [2.24, 2.45) is 0 Å². The summed E-state index contributed by atoms with van der Waals surface area (Å²) < 4.78 is 6.51. The first-order valence-electron chi connectivity index (χ1n) is 11.3. The summed E-state index contributed by atoms with van der Waals surface area (Å²) in [5.41, 5.74) is 2.48. The van der Waals surface area contributed by atoms with Crippen molar-refractivity contribution in [1.29, 1.82) is 0 Å². The van der Waals surface area contributed by atoms with Crippen molar-refractivity contribution in [1.82, 2.24) is 4.98 Å². The standard InChI is InChI=1S/C27H19ClN2O5S/c1-13-10-16-11-15(4-9-20(16)35-13)24(32)22-23(14-2-6-18(31)7-3-14)30(26(34)25(22)33)27-29-19-8-5-17(28)12-21(19)36-27/h2-9,11-13,23,31-32H,10H2,1H3/b24-22+/t13-,23-/m0/s1. The molecule has 2 aliphatic heterocycles. The maximum Gasteiger partial charge on any atom is 0.301 e. The van der Waals surface area contributed by atoms with E-state index in [0.29, 0.717) is 33.2 Å². The lowest BCUT2D eigenvalue weighted by Crippen LogP contribution is -2.29. The topological polar surface area (TPSA) is 100.0 Å². The number of phenols is 1. The highest BCUT2D eigenvalue weighted by Crippen LogP contribution is 2.45. The molecule has 180 valence electrons. The molecule has 1 fully saturated rings. The average Bonchev–Trinajstić information content (AvgIpc) is 3.51. The molecular formula is C27H19ClN2O5S. The Morgan fingerprint density at radius 2 is 1.89 bits per heavy atom. The van der Waals surface area contributed by atoms with E-state index < -0.39 is 17.7 Å². The summed E-state index contributed by atoms with van der Waals surface area (Å²) in [6.45, 7) is 1.96. The zero-order valence-electron chi connectivity index (χ0n) is 18.9. The SMILES string of the molecule is C[C@H]1Cc2cc(/C(O)=C3\C(=O)C(=O)N(c4nc5ccc(Cl)cc5s4)[C@H]3c3ccc(O)cc3)ccc2O1. The highest BCUT2D eigenvalue weighted by molar-refractivity contribution is 7.22. The Balaban J connectivity index is 1.53. The normalized spacial score (nSPS) is 20.7. The smallest absolute Gasteiger partial charge is 0.301 e. The first-order valence-corrected chi connectivity index (χ1v) is 12.5. The fourth-order valence-electron chi connectivity index (χ4n) is 4.72. The van der Waals surface area contributed by atoms with Gasteiger partial charge < -0.3 is 14.9 Å². The molecule has 4 aromatic rings. The van der Waals surface area contributed by atoms with Crippen molar-refractivity contribution in [3.8, 4) is 11.5 Å². The molecule has 0 aliphatic carbocycles. The number of aromatic hydroxyl groups is 1. The van der Waals surface area contributed by atoms with Crippen molar-refractivity contribution in [3.63, 3.8) is 0 Å². The van der Waals surface area contributed by atoms with Crippen LogP contribution in [0, 0.1) is 0 Å². The third kappa shape index (κ3) is 3.61. The average molecular weight is 519 g/mol. The quantitative estimate of drug-likeness (QED) is 0.208. The number of thiazole rings is 1. The number of aromatic nitrogens is 1. The van der Waals surface area contributed by atoms with Crippen molar-refractivity contribution < 1.29 is 24.5 Å². The molecule has 0 spiro atoms. The van der Waals surface area contributed by atoms with Crippen LogP contribution in [0.4, 0.5) is 5.13 Å². The van der Waals surface area contributed by atoms with Gasteiger partial charge in [0.2, 0.25) is 0 Å². The second-order valence-corrected chi connectivity index (χ2v) is 10.3. The molecule has 6 rings (SSSR count). The van der Waals surface area contributed by atoms with Gasteiger partial charge in [0.15, 0.2) is 5.13 Å². The number of aliphatic hydroxyl groups excluding tert-OH is 1. The first kappa shape index (κ1) is 22.6. The highest BCUT2D eigenvalue weighted by Gasteiger charge is 2.48. The number of Topliss-reactive ketones (excluding diaryl/α,β-unsaturated/α-hetero) is 1. The maximum atomic E-state index is 13.4. The molecule has 0 saturated carbocycles. The lowest BCUT2D eigenvalue weighted by Gasteiger charge is -2.23. The number of halogens is 1. The van der Waals surface area contributed by atoms with Gasteiger partial charge in [-0.3, -0.25) is 14.5 Å². The van der Waals surface area contributed by atoms with E-state index in [1.54, 1.807) is 48.5 Å². The predicted molar refractivity (Wildman–Crippen MR) is 138 cm³/mol. The van der Waals surface area contributed by atoms with Crippen LogP contribution in [0.3, 0.4) is 0 Å². The number of hydrogen-bond donors (Lipinski definition) is 2. The lowest BCUT2D eigenvalue weighted by molar-refractivity contribution is -0.132. The highest BCUT2D eigenvalue weighted by atomic mass is 35.5. The van der Waals surface area contributed by atoms with Crippen molar-refractivity contribution in [2.45, 2.75) is 25.5 Å². The number of carbonyl (C=O) groups is 2. The van der Waals surface area contributed by atoms with E-state index >= 15 is 0 Å². The van der Waals surface area contributed by atoms with Gasteiger partial charge >= 0.3 is 5.91 Å². The minimum Gasteiger partial charge on any atom is -0.508 e. The predicted octanol–water partition coefficient (Wildman–Crippen LogP) is 5.61. The van der Waals surface area contributed by atoms with E-state index in [4.69, 9.17) is 16.3 Å². The lowest BCUT2D eigenvalue weighted by atomic mass is 9.94. The molecule has 1 amide bonds. The molecule has 2 aliphatic rings. The first-order chi connectivity index (χ1) is 17.3. The number of hydrogen-bond acceptors (Lipinski definition) is 7. The fraction of sp³-hybridized carbons (Fsp3) is 0.148. The summed E-state index contributed by atoms with van der Waals surface area (Å²) in [7, 11) is 0. The van der Waals surface area contributed by atoms with Crippen LogP contribution in [0.15, 0.2) is 66.2 Å². The van der Waals surface area contributed by atoms with Crippen LogP contribution in [-0.4, -0.2) is 33.0 Å². The molecule has 0 bridgehead atoms. The molecule has 1 saturated heterocycles. The second-order valence-electron chi connectivity index (χ2n) is 8.82. The van der Waals surface area contributed by atoms with Crippen LogP contribution in [0.5, 0.6) is 11.5 Å². The zero-order chi connectivity index (χ0) is 25.1. The Hall–Kier alpha value is -3.88. The van der Waals surface area contributed by atoms with E-state index in [1.807, 2.05) is 6.92 Å². The van der Waals surface area contributed by atoms with E-state index in [-0.39, 0.29) is 23.2 Å². The molecule has 9 heteroatoms. The van der Waals surface area contributed by atoms with E-state index in [1.165, 1.54) is 28.4 Å². The zero-order valence-corrected chi connectivity index (χ0v) is 20.5. The summed E-state index contributed by atoms with van der Waals surface area (Å²) in [6.07, 6.45) is 0.702. The molecule has 36 heavy (non-hydrogen) atoms. The number of carbonyl (C=O) groups excluding carboxylic acids is 2. The monoisotopic (exact) mass is 518 g/mol. The molecule has 0 unspecified atom stereocenters. The van der Waals surface area contributed by atoms with Crippen LogP contribution in [0.1, 0.15) is 29.7 Å². The molecule has 2 N–H and O–H groups in total. The molecule has 3 aromatic carbocycles. The van der Waals surface area contributed by atoms with Crippen LogP contribution in [-0.2, 0) is 16.0 Å². The van der Waals surface area contributed by atoms with Gasteiger partial charge in [-0.1, -0.05) is 35.1 Å². The molecule has 3 heterocycles. The summed E-state index contributed by atoms with van der Waals surface area (Å²) in [4.78, 5) is 32.6. The summed E-state index contributed by atoms with van der Waals surface area (Å²) in [5, 5.41) is 22.1. The summed E-state index contributed by atoms with van der Waals surface area (Å²) >= 11 is 7.36. The maximum absolute atomic E-state index is 13.4. The number of ether oxygens (including phenoxy) is 1. The number of fused-ring (bicyclic) bond motifs is 2. The largest absolute Gasteiger partial charge is 0.508 e. The molecule has 0 radical (unpaired) electrons. The number of ketones is 1. The Morgan fingerprint density at radius 3 is 2.67 bits per heavy atom. The summed E-state index contributed by atoms with van der Waals surface area (Å²) in [5.74, 6) is -1.10. The van der Waals surface area contributed by atoms with Gasteiger partial charge in [0.05, 0.1) is 21.8 Å². The third-order valence-corrected chi connectivity index (χ3v) is 7.62. The second kappa shape index (κ2) is 8.36. The van der Waals surface area contributed by atoms with Crippen molar-refractivity contribution in [2.75, 3.05) is 4.90 Å². The minimum absolute atomic E-state index is 0.0208. The molecule has 7 nitrogen and oxygen atoms in total. The minimum atomic E-state index is -0.940. The Bertz CT molecular complexity index is 1590. The van der Waals surface area contributed by atoms with E-state index in [2.05, 4.69) is 4.98 Å². The number of anilines is 1. The van der Waals surface area contributed by atoms with Gasteiger partial charge in [0.1, 0.15) is 23.4 Å². The van der Waals surface area contributed by atoms with Gasteiger partial charge in [-0.05, 0) is 66.6 Å². The van der Waals surface area contributed by atoms with Crippen LogP contribution in [0.2, 0.25) is 5.02 Å². The van der Waals surface area contributed by atoms with Gasteiger partial charge in [-0.2, -0.15) is 0 Å². The van der Waals surface area contributed by atoms with Crippen molar-refractivity contribution in [3.05, 3.63) is 87.9 Å². The van der Waals surface area contributed by atoms with Gasteiger partial charge in [-0.25, -0.2) is 4.98 Å². The fourth-order valence-corrected chi connectivity index (χ4v) is 5.98. The number of amides is 1. The molecule has 1 aromatic heterocycles. The van der Waals surface area contributed by atoms with E-state index in [0.717, 1.165) is 16.0 Å².